The van der Waals surface area contributed by atoms with Crippen molar-refractivity contribution >= 4 is 33.3 Å². The lowest BCUT2D eigenvalue weighted by Crippen LogP contribution is -2.72. The fourth-order valence-electron chi connectivity index (χ4n) is 5.48. The number of fused-ring (bicyclic) bond motifs is 5. The van der Waals surface area contributed by atoms with Gasteiger partial charge in [-0.2, -0.15) is 0 Å². The van der Waals surface area contributed by atoms with Crippen molar-refractivity contribution in [2.75, 3.05) is 26.0 Å². The number of anilines is 1. The number of rotatable bonds is 4. The summed E-state index contributed by atoms with van der Waals surface area (Å²) < 4.78 is 0. The maximum Gasteiger partial charge on any atom is 0.219 e. The molecular formula is C20H27N5OS. The van der Waals surface area contributed by atoms with Gasteiger partial charge >= 0.3 is 0 Å². The van der Waals surface area contributed by atoms with E-state index in [1.807, 2.05) is 11.3 Å². The van der Waals surface area contributed by atoms with Crippen LogP contribution in [0.4, 0.5) is 5.82 Å². The van der Waals surface area contributed by atoms with Crippen LogP contribution in [-0.4, -0.2) is 64.4 Å². The zero-order valence-electron chi connectivity index (χ0n) is 16.2. The Hall–Kier alpha value is -1.73. The Balaban J connectivity index is 1.35. The van der Waals surface area contributed by atoms with E-state index >= 15 is 0 Å². The van der Waals surface area contributed by atoms with Crippen LogP contribution in [0, 0.1) is 5.92 Å². The van der Waals surface area contributed by atoms with Gasteiger partial charge in [-0.3, -0.25) is 4.79 Å². The van der Waals surface area contributed by atoms with Gasteiger partial charge in [-0.15, -0.1) is 11.3 Å². The van der Waals surface area contributed by atoms with E-state index in [1.165, 1.54) is 28.7 Å². The average molecular weight is 386 g/mol. The molecule has 1 aliphatic carbocycles. The summed E-state index contributed by atoms with van der Waals surface area (Å²) in [6.45, 7) is 2.60. The highest BCUT2D eigenvalue weighted by molar-refractivity contribution is 7.19. The van der Waals surface area contributed by atoms with Crippen molar-refractivity contribution in [3.05, 3.63) is 16.8 Å². The predicted octanol–water partition coefficient (Wildman–Crippen LogP) is 2.53. The largest absolute Gasteiger partial charge is 0.369 e. The summed E-state index contributed by atoms with van der Waals surface area (Å²) in [6.07, 6.45) is 7.40. The van der Waals surface area contributed by atoms with Crippen LogP contribution in [0.15, 0.2) is 6.33 Å². The smallest absolute Gasteiger partial charge is 0.219 e. The molecule has 6 nitrogen and oxygen atoms in total. The molecule has 0 saturated carbocycles. The summed E-state index contributed by atoms with van der Waals surface area (Å²) in [6, 6.07) is 1.29. The zero-order chi connectivity index (χ0) is 18.7. The van der Waals surface area contributed by atoms with E-state index in [-0.39, 0.29) is 5.91 Å². The van der Waals surface area contributed by atoms with E-state index < -0.39 is 0 Å². The first-order valence-corrected chi connectivity index (χ1v) is 10.8. The highest BCUT2D eigenvalue weighted by atomic mass is 32.1. The van der Waals surface area contributed by atoms with Crippen molar-refractivity contribution in [1.29, 1.82) is 0 Å². The van der Waals surface area contributed by atoms with Crippen LogP contribution < -0.4 is 5.32 Å². The van der Waals surface area contributed by atoms with Crippen LogP contribution in [-0.2, 0) is 17.6 Å². The summed E-state index contributed by atoms with van der Waals surface area (Å²) >= 11 is 1.83. The highest BCUT2D eigenvalue weighted by Crippen LogP contribution is 2.45. The molecule has 4 heterocycles. The van der Waals surface area contributed by atoms with Gasteiger partial charge in [0.2, 0.25) is 5.91 Å². The SMILES string of the molecule is CC(=O)N1[C@@H]2CC(N(C)C)C[C@H]1C2CNc1ncnc2sc3c(c12)CCC3. The van der Waals surface area contributed by atoms with Gasteiger partial charge in [-0.25, -0.2) is 9.97 Å². The van der Waals surface area contributed by atoms with Crippen LogP contribution in [0.2, 0.25) is 0 Å². The van der Waals surface area contributed by atoms with E-state index in [4.69, 9.17) is 0 Å². The number of amides is 1. The van der Waals surface area contributed by atoms with Crippen molar-refractivity contribution in [3.8, 4) is 0 Å². The first-order valence-electron chi connectivity index (χ1n) is 9.99. The number of thiophene rings is 1. The molecule has 3 aliphatic rings. The molecular weight excluding hydrogens is 358 g/mol. The van der Waals surface area contributed by atoms with Gasteiger partial charge in [-0.1, -0.05) is 0 Å². The van der Waals surface area contributed by atoms with Gasteiger partial charge in [0.15, 0.2) is 0 Å². The van der Waals surface area contributed by atoms with Crippen molar-refractivity contribution in [1.82, 2.24) is 19.8 Å². The second-order valence-electron chi connectivity index (χ2n) is 8.45. The molecule has 2 unspecified atom stereocenters. The number of carbonyl (C=O) groups is 1. The van der Waals surface area contributed by atoms with E-state index in [9.17, 15) is 4.79 Å². The maximum absolute atomic E-state index is 12.1. The molecule has 4 atom stereocenters. The standard InChI is InChI=1S/C20H27N5OS/c1-11(26)25-15-7-12(24(2)3)8-16(25)14(15)9-21-19-18-13-5-4-6-17(13)27-20(18)23-10-22-19/h10,12,14-16H,4-9H2,1-3H3,(H,21,22,23)/t12?,14?,15-,16+. The summed E-state index contributed by atoms with van der Waals surface area (Å²) in [5, 5.41) is 4.89. The Morgan fingerprint density at radius 1 is 1.30 bits per heavy atom. The van der Waals surface area contributed by atoms with Crippen LogP contribution in [0.1, 0.15) is 36.6 Å². The molecule has 2 saturated heterocycles. The third-order valence-corrected chi connectivity index (χ3v) is 8.03. The molecule has 2 bridgehead atoms. The number of hydrogen-bond acceptors (Lipinski definition) is 6. The first kappa shape index (κ1) is 17.4. The lowest BCUT2D eigenvalue weighted by Gasteiger charge is -2.61. The molecule has 144 valence electrons. The Labute approximate surface area is 164 Å². The van der Waals surface area contributed by atoms with Crippen molar-refractivity contribution in [2.24, 2.45) is 5.92 Å². The molecule has 1 amide bonds. The van der Waals surface area contributed by atoms with Gasteiger partial charge in [0.25, 0.3) is 0 Å². The summed E-state index contributed by atoms with van der Waals surface area (Å²) in [5.41, 5.74) is 1.46. The van der Waals surface area contributed by atoms with Crippen molar-refractivity contribution < 1.29 is 4.79 Å². The van der Waals surface area contributed by atoms with Gasteiger partial charge in [-0.05, 0) is 51.8 Å². The molecule has 2 aliphatic heterocycles. The number of nitrogens with zero attached hydrogens (tertiary/aromatic N) is 4. The number of piperidine rings is 1. The van der Waals surface area contributed by atoms with E-state index in [2.05, 4.69) is 39.2 Å². The molecule has 2 aromatic heterocycles. The Morgan fingerprint density at radius 2 is 2.07 bits per heavy atom. The number of nitrogens with one attached hydrogen (secondary N) is 1. The van der Waals surface area contributed by atoms with Crippen molar-refractivity contribution in [3.63, 3.8) is 0 Å². The molecule has 7 heteroatoms. The lowest BCUT2D eigenvalue weighted by atomic mass is 9.67. The Morgan fingerprint density at radius 3 is 2.78 bits per heavy atom. The summed E-state index contributed by atoms with van der Waals surface area (Å²) in [4.78, 5) is 28.2. The topological polar surface area (TPSA) is 61.4 Å². The Bertz CT molecular complexity index is 880. The second kappa shape index (κ2) is 6.41. The Kier molecular flexibility index (Phi) is 4.13. The van der Waals surface area contributed by atoms with E-state index in [0.29, 0.717) is 24.0 Å². The van der Waals surface area contributed by atoms with Gasteiger partial charge < -0.3 is 15.1 Å². The summed E-state index contributed by atoms with van der Waals surface area (Å²) in [5.74, 6) is 1.73. The number of aryl methyl sites for hydroxylation is 2. The van der Waals surface area contributed by atoms with Crippen LogP contribution in [0.25, 0.3) is 10.2 Å². The maximum atomic E-state index is 12.1. The van der Waals surface area contributed by atoms with Crippen molar-refractivity contribution in [2.45, 2.75) is 57.2 Å². The fraction of sp³-hybridized carbons (Fsp3) is 0.650. The third kappa shape index (κ3) is 2.66. The van der Waals surface area contributed by atoms with Gasteiger partial charge in [0.1, 0.15) is 17.0 Å². The third-order valence-electron chi connectivity index (χ3n) is 6.83. The van der Waals surface area contributed by atoms with Crippen LogP contribution in [0.5, 0.6) is 0 Å². The fourth-order valence-corrected chi connectivity index (χ4v) is 6.71. The molecule has 2 fully saturated rings. The molecule has 2 aromatic rings. The van der Waals surface area contributed by atoms with Crippen LogP contribution >= 0.6 is 11.3 Å². The first-order chi connectivity index (χ1) is 13.0. The molecule has 0 spiro atoms. The number of aromatic nitrogens is 2. The molecule has 1 N–H and O–H groups in total. The highest BCUT2D eigenvalue weighted by Gasteiger charge is 2.54. The zero-order valence-corrected chi connectivity index (χ0v) is 17.1. The quantitative estimate of drug-likeness (QED) is 0.876. The van der Waals surface area contributed by atoms with E-state index in [1.54, 1.807) is 13.3 Å². The molecule has 0 aromatic carbocycles. The van der Waals surface area contributed by atoms with Gasteiger partial charge in [0, 0.05) is 42.4 Å². The average Bonchev–Trinajstić information content (AvgIpc) is 3.22. The van der Waals surface area contributed by atoms with E-state index in [0.717, 1.165) is 36.5 Å². The monoisotopic (exact) mass is 385 g/mol. The second-order valence-corrected chi connectivity index (χ2v) is 9.54. The summed E-state index contributed by atoms with van der Waals surface area (Å²) in [7, 11) is 4.30. The van der Waals surface area contributed by atoms with Gasteiger partial charge in [0.05, 0.1) is 5.39 Å². The number of hydrogen-bond donors (Lipinski definition) is 1. The number of carbonyl (C=O) groups excluding carboxylic acids is 1. The lowest BCUT2D eigenvalue weighted by molar-refractivity contribution is -0.162. The van der Waals surface area contributed by atoms with Crippen LogP contribution in [0.3, 0.4) is 0 Å². The minimum absolute atomic E-state index is 0.221. The molecule has 27 heavy (non-hydrogen) atoms. The molecule has 5 rings (SSSR count). The normalized spacial score (nSPS) is 29.1. The predicted molar refractivity (Wildman–Crippen MR) is 108 cm³/mol. The molecule has 0 radical (unpaired) electrons. The minimum atomic E-state index is 0.221. The minimum Gasteiger partial charge on any atom is -0.369 e.